The zero-order chi connectivity index (χ0) is 17.5. The van der Waals surface area contributed by atoms with Crippen LogP contribution in [0.25, 0.3) is 0 Å². The standard InChI is InChI=1S/C18H31N3O3/c1-17(2)12-7-8-18(17,3)14(10-12)20-15(22)19-13-6-5-9-21(11-13)16(23)24-4/h12-14H,5-11H2,1-4H3,(H2,19,20,22)/t12-,13-,14+,18-/m1/s1. The normalized spacial score (nSPS) is 37.2. The van der Waals surface area contributed by atoms with Crippen molar-refractivity contribution in [1.82, 2.24) is 15.5 Å². The average Bonchev–Trinajstić information content (AvgIpc) is 2.87. The van der Waals surface area contributed by atoms with E-state index in [2.05, 4.69) is 31.4 Å². The largest absolute Gasteiger partial charge is 0.453 e. The van der Waals surface area contributed by atoms with Gasteiger partial charge in [-0.25, -0.2) is 9.59 Å². The van der Waals surface area contributed by atoms with Crippen LogP contribution in [0.5, 0.6) is 0 Å². The highest BCUT2D eigenvalue weighted by molar-refractivity contribution is 5.75. The first-order valence-electron chi connectivity index (χ1n) is 9.18. The van der Waals surface area contributed by atoms with E-state index >= 15 is 0 Å². The summed E-state index contributed by atoms with van der Waals surface area (Å²) >= 11 is 0. The van der Waals surface area contributed by atoms with Crippen molar-refractivity contribution in [2.24, 2.45) is 16.7 Å². The van der Waals surface area contributed by atoms with Crippen molar-refractivity contribution >= 4 is 12.1 Å². The Kier molecular flexibility index (Phi) is 4.43. The van der Waals surface area contributed by atoms with Crippen molar-refractivity contribution in [1.29, 1.82) is 0 Å². The minimum Gasteiger partial charge on any atom is -0.453 e. The summed E-state index contributed by atoms with van der Waals surface area (Å²) in [5, 5.41) is 6.29. The second kappa shape index (κ2) is 6.12. The third kappa shape index (κ3) is 2.74. The van der Waals surface area contributed by atoms with Crippen LogP contribution in [0.3, 0.4) is 0 Å². The Morgan fingerprint density at radius 1 is 1.17 bits per heavy atom. The molecule has 1 heterocycles. The lowest BCUT2D eigenvalue weighted by molar-refractivity contribution is 0.106. The van der Waals surface area contributed by atoms with Gasteiger partial charge in [-0.2, -0.15) is 0 Å². The van der Waals surface area contributed by atoms with Crippen LogP contribution in [-0.4, -0.2) is 49.3 Å². The Balaban J connectivity index is 1.54. The fraction of sp³-hybridized carbons (Fsp3) is 0.889. The number of hydrogen-bond donors (Lipinski definition) is 2. The van der Waals surface area contributed by atoms with Crippen LogP contribution in [0.15, 0.2) is 0 Å². The van der Waals surface area contributed by atoms with Gasteiger partial charge in [0.1, 0.15) is 0 Å². The van der Waals surface area contributed by atoms with Gasteiger partial charge in [-0.15, -0.1) is 0 Å². The number of nitrogens with zero attached hydrogens (tertiary/aromatic N) is 1. The van der Waals surface area contributed by atoms with Crippen LogP contribution in [0, 0.1) is 16.7 Å². The summed E-state index contributed by atoms with van der Waals surface area (Å²) in [5.41, 5.74) is 0.469. The molecule has 0 spiro atoms. The molecule has 3 fully saturated rings. The molecule has 0 aromatic rings. The average molecular weight is 337 g/mol. The number of carbonyl (C=O) groups excluding carboxylic acids is 2. The quantitative estimate of drug-likeness (QED) is 0.814. The van der Waals surface area contributed by atoms with Crippen molar-refractivity contribution in [2.75, 3.05) is 20.2 Å². The van der Waals surface area contributed by atoms with E-state index in [1.54, 1.807) is 4.90 Å². The molecule has 3 amide bonds. The van der Waals surface area contributed by atoms with Crippen molar-refractivity contribution in [3.05, 3.63) is 0 Å². The molecule has 0 aromatic heterocycles. The first-order chi connectivity index (χ1) is 11.3. The molecule has 2 aliphatic carbocycles. The molecule has 136 valence electrons. The van der Waals surface area contributed by atoms with Crippen molar-refractivity contribution in [3.8, 4) is 0 Å². The Hall–Kier alpha value is -1.46. The van der Waals surface area contributed by atoms with Gasteiger partial charge in [0.2, 0.25) is 0 Å². The van der Waals surface area contributed by atoms with E-state index in [9.17, 15) is 9.59 Å². The Morgan fingerprint density at radius 3 is 2.50 bits per heavy atom. The van der Waals surface area contributed by atoms with Gasteiger partial charge < -0.3 is 20.3 Å². The number of fused-ring (bicyclic) bond motifs is 2. The molecule has 6 heteroatoms. The van der Waals surface area contributed by atoms with Gasteiger partial charge in [-0.3, -0.25) is 0 Å². The number of carbonyl (C=O) groups is 2. The zero-order valence-electron chi connectivity index (χ0n) is 15.4. The van der Waals surface area contributed by atoms with Crippen LogP contribution >= 0.6 is 0 Å². The second-order valence-electron chi connectivity index (χ2n) is 8.54. The van der Waals surface area contributed by atoms with Crippen LogP contribution < -0.4 is 10.6 Å². The zero-order valence-corrected chi connectivity index (χ0v) is 15.4. The maximum Gasteiger partial charge on any atom is 0.409 e. The maximum atomic E-state index is 12.5. The van der Waals surface area contributed by atoms with Crippen molar-refractivity contribution in [2.45, 2.75) is 65.0 Å². The first-order valence-corrected chi connectivity index (χ1v) is 9.18. The van der Waals surface area contributed by atoms with Crippen LogP contribution in [0.2, 0.25) is 0 Å². The molecule has 2 saturated carbocycles. The molecule has 2 bridgehead atoms. The predicted octanol–water partition coefficient (Wildman–Crippen LogP) is 2.73. The second-order valence-corrected chi connectivity index (χ2v) is 8.54. The smallest absolute Gasteiger partial charge is 0.409 e. The predicted molar refractivity (Wildman–Crippen MR) is 91.7 cm³/mol. The highest BCUT2D eigenvalue weighted by Crippen LogP contribution is 2.65. The first kappa shape index (κ1) is 17.4. The summed E-state index contributed by atoms with van der Waals surface area (Å²) in [7, 11) is 1.39. The summed E-state index contributed by atoms with van der Waals surface area (Å²) in [6.07, 6.45) is 5.02. The number of rotatable bonds is 2. The molecule has 0 unspecified atom stereocenters. The highest BCUT2D eigenvalue weighted by atomic mass is 16.5. The lowest BCUT2D eigenvalue weighted by Crippen LogP contribution is -2.55. The number of hydrogen-bond acceptors (Lipinski definition) is 3. The van der Waals surface area contributed by atoms with Gasteiger partial charge >= 0.3 is 12.1 Å². The van der Waals surface area contributed by atoms with Gasteiger partial charge in [0.05, 0.1) is 7.11 Å². The summed E-state index contributed by atoms with van der Waals surface area (Å²) in [6.45, 7) is 8.24. The fourth-order valence-electron chi connectivity index (χ4n) is 5.20. The van der Waals surface area contributed by atoms with Crippen LogP contribution in [0.4, 0.5) is 9.59 Å². The molecular formula is C18H31N3O3. The molecule has 1 aliphatic heterocycles. The van der Waals surface area contributed by atoms with Gasteiger partial charge in [0, 0.05) is 25.2 Å². The number of methoxy groups -OCH3 is 1. The Bertz CT molecular complexity index is 522. The summed E-state index contributed by atoms with van der Waals surface area (Å²) in [4.78, 5) is 25.8. The molecule has 0 radical (unpaired) electrons. The molecule has 2 N–H and O–H groups in total. The van der Waals surface area contributed by atoms with E-state index in [4.69, 9.17) is 4.74 Å². The summed E-state index contributed by atoms with van der Waals surface area (Å²) in [5.74, 6) is 0.706. The molecule has 3 aliphatic rings. The van der Waals surface area contributed by atoms with E-state index in [1.807, 2.05) is 0 Å². The Morgan fingerprint density at radius 2 is 1.92 bits per heavy atom. The monoisotopic (exact) mass is 337 g/mol. The summed E-state index contributed by atoms with van der Waals surface area (Å²) in [6, 6.07) is 0.144. The van der Waals surface area contributed by atoms with E-state index in [1.165, 1.54) is 20.0 Å². The minimum atomic E-state index is -0.315. The van der Waals surface area contributed by atoms with E-state index in [-0.39, 0.29) is 35.0 Å². The minimum absolute atomic E-state index is 0.00254. The number of piperidine rings is 1. The third-order valence-corrected chi connectivity index (χ3v) is 7.29. The fourth-order valence-corrected chi connectivity index (χ4v) is 5.20. The highest BCUT2D eigenvalue weighted by Gasteiger charge is 2.61. The van der Waals surface area contributed by atoms with E-state index < -0.39 is 0 Å². The SMILES string of the molecule is COC(=O)N1CCC[C@@H](NC(=O)N[C@H]2C[C@H]3CC[C@@]2(C)C3(C)C)C1. The van der Waals surface area contributed by atoms with E-state index in [0.29, 0.717) is 19.0 Å². The molecule has 0 aromatic carbocycles. The number of ether oxygens (including phenoxy) is 1. The number of urea groups is 1. The number of likely N-dealkylation sites (tertiary alicyclic amines) is 1. The molecule has 6 nitrogen and oxygen atoms in total. The third-order valence-electron chi connectivity index (χ3n) is 7.29. The van der Waals surface area contributed by atoms with Crippen molar-refractivity contribution < 1.29 is 14.3 Å². The number of amides is 3. The molecule has 24 heavy (non-hydrogen) atoms. The Labute approximate surface area is 144 Å². The van der Waals surface area contributed by atoms with Crippen molar-refractivity contribution in [3.63, 3.8) is 0 Å². The van der Waals surface area contributed by atoms with Crippen LogP contribution in [0.1, 0.15) is 52.9 Å². The molecule has 3 rings (SSSR count). The topological polar surface area (TPSA) is 70.7 Å². The summed E-state index contributed by atoms with van der Waals surface area (Å²) < 4.78 is 4.78. The van der Waals surface area contributed by atoms with Gasteiger partial charge in [0.15, 0.2) is 0 Å². The van der Waals surface area contributed by atoms with Crippen LogP contribution in [-0.2, 0) is 4.74 Å². The lowest BCUT2D eigenvalue weighted by Gasteiger charge is -2.40. The van der Waals surface area contributed by atoms with E-state index in [0.717, 1.165) is 19.3 Å². The van der Waals surface area contributed by atoms with Gasteiger partial charge in [-0.05, 0) is 48.9 Å². The molecule has 4 atom stereocenters. The van der Waals surface area contributed by atoms with Gasteiger partial charge in [-0.1, -0.05) is 20.8 Å². The molecule has 1 saturated heterocycles. The number of nitrogens with one attached hydrogen (secondary N) is 2. The molecular weight excluding hydrogens is 306 g/mol. The maximum absolute atomic E-state index is 12.5. The van der Waals surface area contributed by atoms with Gasteiger partial charge in [0.25, 0.3) is 0 Å². The lowest BCUT2D eigenvalue weighted by atomic mass is 9.69.